The molecule has 0 N–H and O–H groups in total. The second kappa shape index (κ2) is 4.12. The molecule has 0 radical (unpaired) electrons. The summed E-state index contributed by atoms with van der Waals surface area (Å²) in [5, 5.41) is 0. The molecule has 0 unspecified atom stereocenters. The molecule has 0 saturated heterocycles. The van der Waals surface area contributed by atoms with Crippen molar-refractivity contribution in [3.05, 3.63) is 0 Å². The molecule has 0 heterocycles. The molecule has 0 aliphatic heterocycles. The zero-order valence-corrected chi connectivity index (χ0v) is 7.92. The lowest BCUT2D eigenvalue weighted by Gasteiger charge is -2.16. The van der Waals surface area contributed by atoms with Crippen molar-refractivity contribution >= 4 is 20.8 Å². The van der Waals surface area contributed by atoms with Crippen molar-refractivity contribution in [2.45, 2.75) is 19.6 Å². The van der Waals surface area contributed by atoms with Gasteiger partial charge >= 0.3 is 5.97 Å². The van der Waals surface area contributed by atoms with Crippen LogP contribution in [0.15, 0.2) is 0 Å². The highest BCUT2D eigenvalue weighted by Gasteiger charge is 2.19. The predicted molar refractivity (Wildman–Crippen MR) is 41.5 cm³/mol. The molecule has 0 spiro atoms. The predicted octanol–water partition coefficient (Wildman–Crippen LogP) is 0.537. The largest absolute Gasteiger partial charge is 0.517 e. The van der Waals surface area contributed by atoms with Crippen LogP contribution in [-0.4, -0.2) is 27.4 Å². The molecular weight excluding hydrogens is 164 g/mol. The third kappa shape index (κ3) is 7.05. The first-order chi connectivity index (χ1) is 4.95. The smallest absolute Gasteiger partial charge is 0.330 e. The lowest BCUT2D eigenvalue weighted by Crippen LogP contribution is -2.31. The van der Waals surface area contributed by atoms with Gasteiger partial charge in [0, 0.05) is 0 Å². The highest BCUT2D eigenvalue weighted by atomic mass is 28.4. The van der Waals surface area contributed by atoms with E-state index in [4.69, 9.17) is 4.43 Å². The Morgan fingerprint density at radius 2 is 2.00 bits per heavy atom. The minimum Gasteiger partial charge on any atom is -0.517 e. The fourth-order valence-electron chi connectivity index (χ4n) is 0.473. The van der Waals surface area contributed by atoms with Crippen LogP contribution in [0.3, 0.4) is 0 Å². The number of ether oxygens (including phenoxy) is 1. The van der Waals surface area contributed by atoms with Crippen LogP contribution in [-0.2, 0) is 18.8 Å². The Kier molecular flexibility index (Phi) is 3.81. The number of carbonyl (C=O) groups is 2. The lowest BCUT2D eigenvalue weighted by atomic mass is 10.8. The Morgan fingerprint density at radius 1 is 1.45 bits per heavy atom. The van der Waals surface area contributed by atoms with Crippen molar-refractivity contribution in [1.82, 2.24) is 0 Å². The standard InChI is InChI=1S/C6H12O4Si/c1-11(2,3)10-6(8)4-9-5-7/h5H,4H2,1-3H3. The van der Waals surface area contributed by atoms with Crippen molar-refractivity contribution in [3.63, 3.8) is 0 Å². The van der Waals surface area contributed by atoms with E-state index < -0.39 is 14.3 Å². The van der Waals surface area contributed by atoms with Gasteiger partial charge in [0.2, 0.25) is 8.32 Å². The fourth-order valence-corrected chi connectivity index (χ4v) is 1.21. The summed E-state index contributed by atoms with van der Waals surface area (Å²) in [5.41, 5.74) is 0. The molecule has 0 aromatic carbocycles. The molecule has 4 nitrogen and oxygen atoms in total. The van der Waals surface area contributed by atoms with Crippen LogP contribution in [0, 0.1) is 0 Å². The number of carbonyl (C=O) groups excluding carboxylic acids is 2. The number of hydrogen-bond donors (Lipinski definition) is 0. The van der Waals surface area contributed by atoms with E-state index in [-0.39, 0.29) is 13.1 Å². The summed E-state index contributed by atoms with van der Waals surface area (Å²) in [4.78, 5) is 20.4. The van der Waals surface area contributed by atoms with E-state index in [2.05, 4.69) is 4.74 Å². The van der Waals surface area contributed by atoms with Crippen LogP contribution < -0.4 is 0 Å². The minimum absolute atomic E-state index is 0.228. The van der Waals surface area contributed by atoms with Crippen molar-refractivity contribution < 1.29 is 18.8 Å². The molecule has 0 saturated carbocycles. The monoisotopic (exact) mass is 176 g/mol. The van der Waals surface area contributed by atoms with Crippen molar-refractivity contribution in [2.75, 3.05) is 6.61 Å². The third-order valence-corrected chi connectivity index (χ3v) is 1.53. The zero-order chi connectivity index (χ0) is 8.91. The first-order valence-electron chi connectivity index (χ1n) is 3.23. The minimum atomic E-state index is -1.82. The van der Waals surface area contributed by atoms with Crippen molar-refractivity contribution in [2.24, 2.45) is 0 Å². The molecular formula is C6H12O4Si. The van der Waals surface area contributed by atoms with Crippen molar-refractivity contribution in [3.8, 4) is 0 Å². The van der Waals surface area contributed by atoms with Gasteiger partial charge in [-0.25, -0.2) is 4.79 Å². The topological polar surface area (TPSA) is 52.6 Å². The molecule has 11 heavy (non-hydrogen) atoms. The molecule has 0 atom stereocenters. The maximum Gasteiger partial charge on any atom is 0.330 e. The van der Waals surface area contributed by atoms with Crippen LogP contribution in [0.4, 0.5) is 0 Å². The van der Waals surface area contributed by atoms with Crippen LogP contribution in [0.25, 0.3) is 0 Å². The Morgan fingerprint density at radius 3 is 2.36 bits per heavy atom. The Hall–Kier alpha value is -0.843. The quantitative estimate of drug-likeness (QED) is 0.463. The average molecular weight is 176 g/mol. The van der Waals surface area contributed by atoms with Gasteiger partial charge in [-0.2, -0.15) is 0 Å². The highest BCUT2D eigenvalue weighted by Crippen LogP contribution is 2.02. The van der Waals surface area contributed by atoms with E-state index in [0.717, 1.165) is 0 Å². The summed E-state index contributed by atoms with van der Waals surface area (Å²) in [6.07, 6.45) is 0. The molecule has 5 heteroatoms. The first-order valence-corrected chi connectivity index (χ1v) is 6.63. The normalized spacial score (nSPS) is 10.5. The molecule has 0 amide bonds. The van der Waals surface area contributed by atoms with Crippen LogP contribution in [0.5, 0.6) is 0 Å². The summed E-state index contributed by atoms with van der Waals surface area (Å²) < 4.78 is 9.16. The summed E-state index contributed by atoms with van der Waals surface area (Å²) in [7, 11) is -1.82. The van der Waals surface area contributed by atoms with E-state index in [1.807, 2.05) is 19.6 Å². The summed E-state index contributed by atoms with van der Waals surface area (Å²) in [5.74, 6) is -0.476. The maximum atomic E-state index is 10.7. The molecule has 0 aliphatic carbocycles. The van der Waals surface area contributed by atoms with E-state index >= 15 is 0 Å². The van der Waals surface area contributed by atoms with Gasteiger partial charge in [0.25, 0.3) is 6.47 Å². The van der Waals surface area contributed by atoms with Gasteiger partial charge < -0.3 is 9.16 Å². The fraction of sp³-hybridized carbons (Fsp3) is 0.667. The van der Waals surface area contributed by atoms with Gasteiger partial charge in [-0.1, -0.05) is 0 Å². The van der Waals surface area contributed by atoms with E-state index in [1.54, 1.807) is 0 Å². The highest BCUT2D eigenvalue weighted by molar-refractivity contribution is 6.71. The zero-order valence-electron chi connectivity index (χ0n) is 6.92. The molecule has 64 valence electrons. The Bertz CT molecular complexity index is 149. The SMILES string of the molecule is C[Si](C)(C)OC(=O)COC=O. The summed E-state index contributed by atoms with van der Waals surface area (Å²) in [6.45, 7) is 5.59. The van der Waals surface area contributed by atoms with Gasteiger partial charge in [-0.05, 0) is 19.6 Å². The number of hydrogen-bond acceptors (Lipinski definition) is 4. The summed E-state index contributed by atoms with van der Waals surface area (Å²) >= 11 is 0. The van der Waals surface area contributed by atoms with Gasteiger partial charge in [-0.15, -0.1) is 0 Å². The molecule has 0 fully saturated rings. The van der Waals surface area contributed by atoms with Crippen LogP contribution in [0.1, 0.15) is 0 Å². The van der Waals surface area contributed by atoms with E-state index in [0.29, 0.717) is 0 Å². The number of rotatable bonds is 4. The van der Waals surface area contributed by atoms with E-state index in [9.17, 15) is 9.59 Å². The molecule has 0 aliphatic rings. The Balaban J connectivity index is 3.61. The van der Waals surface area contributed by atoms with Crippen LogP contribution in [0.2, 0.25) is 19.6 Å². The lowest BCUT2D eigenvalue weighted by molar-refractivity contribution is -0.146. The third-order valence-electron chi connectivity index (χ3n) is 0.689. The van der Waals surface area contributed by atoms with Gasteiger partial charge in [0.15, 0.2) is 6.61 Å². The van der Waals surface area contributed by atoms with Gasteiger partial charge in [-0.3, -0.25) is 4.79 Å². The van der Waals surface area contributed by atoms with Gasteiger partial charge in [0.05, 0.1) is 0 Å². The Labute approximate surface area is 66.6 Å². The molecule has 0 bridgehead atoms. The molecule has 0 aromatic rings. The van der Waals surface area contributed by atoms with Crippen LogP contribution >= 0.6 is 0 Å². The molecule has 0 rings (SSSR count). The molecule has 0 aromatic heterocycles. The van der Waals surface area contributed by atoms with E-state index in [1.165, 1.54) is 0 Å². The van der Waals surface area contributed by atoms with Crippen molar-refractivity contribution in [1.29, 1.82) is 0 Å². The second-order valence-electron chi connectivity index (χ2n) is 2.99. The average Bonchev–Trinajstić information content (AvgIpc) is 1.79. The second-order valence-corrected chi connectivity index (χ2v) is 7.42. The first kappa shape index (κ1) is 10.2. The van der Waals surface area contributed by atoms with Gasteiger partial charge in [0.1, 0.15) is 0 Å². The summed E-state index contributed by atoms with van der Waals surface area (Å²) in [6, 6.07) is 0. The maximum absolute atomic E-state index is 10.7.